The SMILES string of the molecule is C[n+]1ccn(C[C@H]2CCOC2)c1. The first kappa shape index (κ1) is 7.80. The highest BCUT2D eigenvalue weighted by Crippen LogP contribution is 2.13. The molecule has 1 fully saturated rings. The third-order valence-electron chi connectivity index (χ3n) is 2.32. The van der Waals surface area contributed by atoms with Gasteiger partial charge in [0.15, 0.2) is 0 Å². The fourth-order valence-electron chi connectivity index (χ4n) is 1.64. The minimum absolute atomic E-state index is 0.720. The highest BCUT2D eigenvalue weighted by Gasteiger charge is 2.18. The summed E-state index contributed by atoms with van der Waals surface area (Å²) in [5.41, 5.74) is 0. The molecule has 1 aromatic rings. The predicted molar refractivity (Wildman–Crippen MR) is 44.5 cm³/mol. The molecule has 66 valence electrons. The van der Waals surface area contributed by atoms with E-state index in [2.05, 4.69) is 27.9 Å². The Kier molecular flexibility index (Phi) is 2.13. The summed E-state index contributed by atoms with van der Waals surface area (Å²) in [5.74, 6) is 0.720. The molecule has 1 saturated heterocycles. The van der Waals surface area contributed by atoms with E-state index in [-0.39, 0.29) is 0 Å². The van der Waals surface area contributed by atoms with Gasteiger partial charge in [-0.05, 0) is 6.42 Å². The van der Waals surface area contributed by atoms with Crippen LogP contribution in [0.1, 0.15) is 6.42 Å². The summed E-state index contributed by atoms with van der Waals surface area (Å²) in [6, 6.07) is 0. The summed E-state index contributed by atoms with van der Waals surface area (Å²) < 4.78 is 9.60. The molecule has 0 aromatic carbocycles. The molecular formula is C9H15N2O+. The van der Waals surface area contributed by atoms with Crippen LogP contribution in [0.25, 0.3) is 0 Å². The Morgan fingerprint density at radius 1 is 1.67 bits per heavy atom. The fourth-order valence-corrected chi connectivity index (χ4v) is 1.64. The lowest BCUT2D eigenvalue weighted by atomic mass is 10.1. The molecule has 0 unspecified atom stereocenters. The van der Waals surface area contributed by atoms with E-state index in [0.29, 0.717) is 0 Å². The maximum absolute atomic E-state index is 5.32. The Bertz CT molecular complexity index is 251. The Morgan fingerprint density at radius 3 is 3.17 bits per heavy atom. The summed E-state index contributed by atoms with van der Waals surface area (Å²) in [6.45, 7) is 2.97. The molecule has 0 spiro atoms. The lowest BCUT2D eigenvalue weighted by Gasteiger charge is -2.02. The largest absolute Gasteiger partial charge is 0.381 e. The number of imidazole rings is 1. The fraction of sp³-hybridized carbons (Fsp3) is 0.667. The van der Waals surface area contributed by atoms with Gasteiger partial charge in [-0.25, -0.2) is 9.13 Å². The second kappa shape index (κ2) is 3.27. The smallest absolute Gasteiger partial charge is 0.243 e. The number of aromatic nitrogens is 2. The zero-order valence-electron chi connectivity index (χ0n) is 7.44. The van der Waals surface area contributed by atoms with Crippen LogP contribution in [0.15, 0.2) is 18.7 Å². The molecular weight excluding hydrogens is 152 g/mol. The molecule has 1 aliphatic rings. The number of hydrogen-bond donors (Lipinski definition) is 0. The van der Waals surface area contributed by atoms with Gasteiger partial charge < -0.3 is 4.74 Å². The van der Waals surface area contributed by atoms with E-state index in [1.54, 1.807) is 0 Å². The summed E-state index contributed by atoms with van der Waals surface area (Å²) in [7, 11) is 2.04. The summed E-state index contributed by atoms with van der Waals surface area (Å²) in [5, 5.41) is 0. The molecule has 0 saturated carbocycles. The van der Waals surface area contributed by atoms with Gasteiger partial charge in [-0.3, -0.25) is 0 Å². The van der Waals surface area contributed by atoms with Gasteiger partial charge in [0.05, 0.1) is 20.2 Å². The van der Waals surface area contributed by atoms with Crippen molar-refractivity contribution in [3.8, 4) is 0 Å². The molecule has 3 heteroatoms. The van der Waals surface area contributed by atoms with Crippen LogP contribution >= 0.6 is 0 Å². The van der Waals surface area contributed by atoms with E-state index in [0.717, 1.165) is 25.7 Å². The Labute approximate surface area is 72.6 Å². The molecule has 2 heterocycles. The van der Waals surface area contributed by atoms with Crippen LogP contribution in [0.5, 0.6) is 0 Å². The highest BCUT2D eigenvalue weighted by atomic mass is 16.5. The molecule has 1 aliphatic heterocycles. The van der Waals surface area contributed by atoms with Crippen molar-refractivity contribution < 1.29 is 9.30 Å². The monoisotopic (exact) mass is 167 g/mol. The third-order valence-corrected chi connectivity index (χ3v) is 2.32. The number of aryl methyl sites for hydroxylation is 1. The number of rotatable bonds is 2. The van der Waals surface area contributed by atoms with Crippen LogP contribution < -0.4 is 4.57 Å². The molecule has 0 amide bonds. The van der Waals surface area contributed by atoms with Crippen molar-refractivity contribution in [2.45, 2.75) is 13.0 Å². The van der Waals surface area contributed by atoms with Gasteiger partial charge in [-0.15, -0.1) is 0 Å². The van der Waals surface area contributed by atoms with E-state index in [1.807, 2.05) is 7.05 Å². The van der Waals surface area contributed by atoms with Crippen molar-refractivity contribution in [1.82, 2.24) is 4.57 Å². The van der Waals surface area contributed by atoms with Crippen LogP contribution in [-0.2, 0) is 18.3 Å². The zero-order chi connectivity index (χ0) is 8.39. The average molecular weight is 167 g/mol. The number of hydrogen-bond acceptors (Lipinski definition) is 1. The molecule has 2 rings (SSSR count). The minimum Gasteiger partial charge on any atom is -0.381 e. The molecule has 0 radical (unpaired) electrons. The number of ether oxygens (including phenoxy) is 1. The first-order valence-electron chi connectivity index (χ1n) is 4.43. The van der Waals surface area contributed by atoms with Crippen molar-refractivity contribution in [2.75, 3.05) is 13.2 Å². The quantitative estimate of drug-likeness (QED) is 0.581. The van der Waals surface area contributed by atoms with Crippen LogP contribution in [0.4, 0.5) is 0 Å². The Morgan fingerprint density at radius 2 is 2.58 bits per heavy atom. The van der Waals surface area contributed by atoms with E-state index in [4.69, 9.17) is 4.74 Å². The third kappa shape index (κ3) is 1.67. The zero-order valence-corrected chi connectivity index (χ0v) is 7.44. The van der Waals surface area contributed by atoms with Gasteiger partial charge in [0, 0.05) is 12.5 Å². The first-order chi connectivity index (χ1) is 5.84. The second-order valence-electron chi connectivity index (χ2n) is 3.51. The lowest BCUT2D eigenvalue weighted by molar-refractivity contribution is -0.671. The van der Waals surface area contributed by atoms with Gasteiger partial charge in [0.25, 0.3) is 0 Å². The topological polar surface area (TPSA) is 18.0 Å². The van der Waals surface area contributed by atoms with Crippen molar-refractivity contribution in [1.29, 1.82) is 0 Å². The highest BCUT2D eigenvalue weighted by molar-refractivity contribution is 4.71. The first-order valence-corrected chi connectivity index (χ1v) is 4.43. The molecule has 0 N–H and O–H groups in total. The summed E-state index contributed by atoms with van der Waals surface area (Å²) in [6.07, 6.45) is 7.49. The van der Waals surface area contributed by atoms with Crippen molar-refractivity contribution in [3.05, 3.63) is 18.7 Å². The second-order valence-corrected chi connectivity index (χ2v) is 3.51. The van der Waals surface area contributed by atoms with Gasteiger partial charge >= 0.3 is 0 Å². The average Bonchev–Trinajstić information content (AvgIpc) is 2.63. The van der Waals surface area contributed by atoms with Gasteiger partial charge in [-0.2, -0.15) is 0 Å². The molecule has 0 bridgehead atoms. The standard InChI is InChI=1S/C9H15N2O/c1-10-3-4-11(8-10)6-9-2-5-12-7-9/h3-4,8-9H,2,5-7H2,1H3/q+1/t9-/m1/s1. The van der Waals surface area contributed by atoms with Gasteiger partial charge in [-0.1, -0.05) is 0 Å². The van der Waals surface area contributed by atoms with E-state index >= 15 is 0 Å². The molecule has 12 heavy (non-hydrogen) atoms. The minimum atomic E-state index is 0.720. The Hall–Kier alpha value is -0.830. The van der Waals surface area contributed by atoms with Crippen molar-refractivity contribution in [3.63, 3.8) is 0 Å². The van der Waals surface area contributed by atoms with Gasteiger partial charge in [0.2, 0.25) is 6.33 Å². The molecule has 0 aliphatic carbocycles. The van der Waals surface area contributed by atoms with Crippen LogP contribution in [0, 0.1) is 5.92 Å². The maximum atomic E-state index is 5.32. The van der Waals surface area contributed by atoms with E-state index in [1.165, 1.54) is 6.42 Å². The molecule has 1 atom stereocenters. The molecule has 3 nitrogen and oxygen atoms in total. The maximum Gasteiger partial charge on any atom is 0.243 e. The van der Waals surface area contributed by atoms with Crippen molar-refractivity contribution in [2.24, 2.45) is 13.0 Å². The van der Waals surface area contributed by atoms with Gasteiger partial charge in [0.1, 0.15) is 12.4 Å². The van der Waals surface area contributed by atoms with E-state index < -0.39 is 0 Å². The molecule has 1 aromatic heterocycles. The summed E-state index contributed by atoms with van der Waals surface area (Å²) >= 11 is 0. The van der Waals surface area contributed by atoms with Crippen LogP contribution in [0.2, 0.25) is 0 Å². The normalized spacial score (nSPS) is 23.2. The van der Waals surface area contributed by atoms with Crippen LogP contribution in [-0.4, -0.2) is 17.8 Å². The lowest BCUT2D eigenvalue weighted by Crippen LogP contribution is -2.24. The number of nitrogens with zero attached hydrogens (tertiary/aromatic N) is 2. The Balaban J connectivity index is 1.94. The summed E-state index contributed by atoms with van der Waals surface area (Å²) in [4.78, 5) is 0. The van der Waals surface area contributed by atoms with E-state index in [9.17, 15) is 0 Å². The predicted octanol–water partition coefficient (Wildman–Crippen LogP) is 0.349. The van der Waals surface area contributed by atoms with Crippen molar-refractivity contribution >= 4 is 0 Å². The van der Waals surface area contributed by atoms with Crippen LogP contribution in [0.3, 0.4) is 0 Å².